The van der Waals surface area contributed by atoms with Gasteiger partial charge in [-0.15, -0.1) is 0 Å². The van der Waals surface area contributed by atoms with Gasteiger partial charge in [0.1, 0.15) is 6.54 Å². The zero-order valence-electron chi connectivity index (χ0n) is 11.5. The first-order valence-corrected chi connectivity index (χ1v) is 6.13. The van der Waals surface area contributed by atoms with Gasteiger partial charge in [0.25, 0.3) is 5.91 Å². The molecule has 114 valence electrons. The standard InChI is InChI=1S/C12H14F3N5O/c1-8-9(6-16-20(8)7-12(13,14)15)11(21)17-10-4-3-5-19(2)18-10/h3-4,6H,5,7H2,1-2H3,(H,17,18,21). The van der Waals surface area contributed by atoms with Gasteiger partial charge in [-0.3, -0.25) is 14.5 Å². The summed E-state index contributed by atoms with van der Waals surface area (Å²) in [6.45, 7) is 0.815. The number of amides is 1. The van der Waals surface area contributed by atoms with E-state index in [1.165, 1.54) is 6.92 Å². The number of nitrogens with zero attached hydrogens (tertiary/aromatic N) is 4. The molecule has 6 nitrogen and oxygen atoms in total. The molecule has 0 fully saturated rings. The van der Waals surface area contributed by atoms with Gasteiger partial charge in [-0.25, -0.2) is 0 Å². The summed E-state index contributed by atoms with van der Waals surface area (Å²) in [7, 11) is 1.74. The van der Waals surface area contributed by atoms with Crippen LogP contribution in [0.1, 0.15) is 16.1 Å². The Morgan fingerprint density at radius 3 is 2.81 bits per heavy atom. The first kappa shape index (κ1) is 15.1. The fraction of sp³-hybridized carbons (Fsp3) is 0.417. The van der Waals surface area contributed by atoms with Crippen molar-refractivity contribution in [3.05, 3.63) is 29.6 Å². The van der Waals surface area contributed by atoms with E-state index in [1.54, 1.807) is 18.1 Å². The summed E-state index contributed by atoms with van der Waals surface area (Å²) in [4.78, 5) is 12.0. The van der Waals surface area contributed by atoms with Crippen molar-refractivity contribution < 1.29 is 18.0 Å². The van der Waals surface area contributed by atoms with Gasteiger partial charge < -0.3 is 5.32 Å². The average Bonchev–Trinajstić information content (AvgIpc) is 2.69. The summed E-state index contributed by atoms with van der Waals surface area (Å²) in [6, 6.07) is 0. The molecule has 0 unspecified atom stereocenters. The quantitative estimate of drug-likeness (QED) is 0.895. The van der Waals surface area contributed by atoms with Crippen molar-refractivity contribution in [1.29, 1.82) is 0 Å². The van der Waals surface area contributed by atoms with Crippen molar-refractivity contribution in [1.82, 2.24) is 20.1 Å². The van der Waals surface area contributed by atoms with Gasteiger partial charge >= 0.3 is 6.18 Å². The van der Waals surface area contributed by atoms with E-state index in [0.717, 1.165) is 10.9 Å². The fourth-order valence-electron chi connectivity index (χ4n) is 1.82. The minimum Gasteiger partial charge on any atom is -0.305 e. The molecule has 0 bridgehead atoms. The van der Waals surface area contributed by atoms with Crippen molar-refractivity contribution in [2.45, 2.75) is 19.6 Å². The van der Waals surface area contributed by atoms with Crippen molar-refractivity contribution in [2.24, 2.45) is 5.10 Å². The van der Waals surface area contributed by atoms with Crippen LogP contribution in [0.25, 0.3) is 0 Å². The third kappa shape index (κ3) is 3.83. The average molecular weight is 301 g/mol. The highest BCUT2D eigenvalue weighted by atomic mass is 19.4. The molecular formula is C12H14F3N5O. The molecule has 2 heterocycles. The van der Waals surface area contributed by atoms with Gasteiger partial charge in [-0.2, -0.15) is 23.4 Å². The van der Waals surface area contributed by atoms with Crippen molar-refractivity contribution in [3.8, 4) is 0 Å². The maximum absolute atomic E-state index is 12.4. The molecule has 1 aromatic rings. The lowest BCUT2D eigenvalue weighted by atomic mass is 10.2. The monoisotopic (exact) mass is 301 g/mol. The summed E-state index contributed by atoms with van der Waals surface area (Å²) >= 11 is 0. The number of carbonyl (C=O) groups is 1. The summed E-state index contributed by atoms with van der Waals surface area (Å²) in [5.74, 6) is -0.212. The van der Waals surface area contributed by atoms with Crippen LogP contribution in [0, 0.1) is 6.92 Å². The zero-order valence-corrected chi connectivity index (χ0v) is 11.5. The second-order valence-electron chi connectivity index (χ2n) is 4.60. The van der Waals surface area contributed by atoms with Gasteiger partial charge in [-0.05, 0) is 13.0 Å². The normalized spacial score (nSPS) is 15.1. The Hall–Kier alpha value is -2.32. The topological polar surface area (TPSA) is 62.5 Å². The highest BCUT2D eigenvalue weighted by molar-refractivity contribution is 6.10. The van der Waals surface area contributed by atoms with E-state index in [1.807, 2.05) is 6.08 Å². The van der Waals surface area contributed by atoms with Gasteiger partial charge in [0.15, 0.2) is 5.84 Å². The first-order chi connectivity index (χ1) is 9.76. The summed E-state index contributed by atoms with van der Waals surface area (Å²) < 4.78 is 37.8. The van der Waals surface area contributed by atoms with Gasteiger partial charge in [0, 0.05) is 12.7 Å². The molecule has 0 atom stereocenters. The van der Waals surface area contributed by atoms with Gasteiger partial charge in [0.2, 0.25) is 0 Å². The fourth-order valence-corrected chi connectivity index (χ4v) is 1.82. The van der Waals surface area contributed by atoms with Crippen LogP contribution in [0.3, 0.4) is 0 Å². The van der Waals surface area contributed by atoms with Crippen molar-refractivity contribution in [2.75, 3.05) is 13.6 Å². The van der Waals surface area contributed by atoms with Crippen LogP contribution in [0.5, 0.6) is 0 Å². The maximum atomic E-state index is 12.4. The van der Waals surface area contributed by atoms with Crippen LogP contribution in [0.4, 0.5) is 13.2 Å². The third-order valence-corrected chi connectivity index (χ3v) is 2.84. The summed E-state index contributed by atoms with van der Waals surface area (Å²) in [5.41, 5.74) is 0.238. The predicted octanol–water partition coefficient (Wildman–Crippen LogP) is 1.30. The Morgan fingerprint density at radius 2 is 2.19 bits per heavy atom. The SMILES string of the molecule is Cc1c(C(=O)NC2=NN(C)CC=C2)cnn1CC(F)(F)F. The largest absolute Gasteiger partial charge is 0.408 e. The molecule has 1 aliphatic heterocycles. The molecule has 2 rings (SSSR count). The highest BCUT2D eigenvalue weighted by Crippen LogP contribution is 2.19. The van der Waals surface area contributed by atoms with Crippen molar-refractivity contribution >= 4 is 11.7 Å². The van der Waals surface area contributed by atoms with E-state index in [9.17, 15) is 18.0 Å². The molecule has 21 heavy (non-hydrogen) atoms. The summed E-state index contributed by atoms with van der Waals surface area (Å²) in [6.07, 6.45) is 0.173. The molecule has 0 spiro atoms. The molecule has 0 aliphatic carbocycles. The lowest BCUT2D eigenvalue weighted by Gasteiger charge is -2.16. The number of aromatic nitrogens is 2. The molecule has 1 aliphatic rings. The molecule has 9 heteroatoms. The second-order valence-corrected chi connectivity index (χ2v) is 4.60. The second kappa shape index (κ2) is 5.58. The number of hydrogen-bond acceptors (Lipinski definition) is 4. The van der Waals surface area contributed by atoms with Gasteiger partial charge in [-0.1, -0.05) is 6.08 Å². The number of nitrogens with one attached hydrogen (secondary N) is 1. The van der Waals surface area contributed by atoms with Crippen LogP contribution in [-0.2, 0) is 6.54 Å². The molecule has 0 aromatic carbocycles. The summed E-state index contributed by atoms with van der Waals surface area (Å²) in [5, 5.41) is 11.8. The van der Waals surface area contributed by atoms with Gasteiger partial charge in [0.05, 0.1) is 18.3 Å². The molecule has 0 saturated heterocycles. The van der Waals surface area contributed by atoms with Crippen LogP contribution in [-0.4, -0.2) is 46.3 Å². The Bertz CT molecular complexity index is 603. The Labute approximate surface area is 118 Å². The van der Waals surface area contributed by atoms with Crippen molar-refractivity contribution in [3.63, 3.8) is 0 Å². The molecule has 1 aromatic heterocycles. The number of halogens is 3. The van der Waals surface area contributed by atoms with Crippen LogP contribution >= 0.6 is 0 Å². The number of rotatable bonds is 2. The van der Waals surface area contributed by atoms with Crippen LogP contribution in [0.15, 0.2) is 23.5 Å². The van der Waals surface area contributed by atoms with E-state index in [4.69, 9.17) is 0 Å². The van der Waals surface area contributed by atoms with E-state index in [-0.39, 0.29) is 11.3 Å². The van der Waals surface area contributed by atoms with Crippen LogP contribution in [0.2, 0.25) is 0 Å². The number of carbonyl (C=O) groups excluding carboxylic acids is 1. The van der Waals surface area contributed by atoms with E-state index in [0.29, 0.717) is 12.4 Å². The molecular weight excluding hydrogens is 287 g/mol. The predicted molar refractivity (Wildman–Crippen MR) is 69.7 cm³/mol. The number of likely N-dealkylation sites (N-methyl/N-ethyl adjacent to an activating group) is 1. The minimum absolute atomic E-state index is 0.0866. The third-order valence-electron chi connectivity index (χ3n) is 2.84. The molecule has 0 saturated carbocycles. The number of hydrogen-bond donors (Lipinski definition) is 1. The Kier molecular flexibility index (Phi) is 4.01. The van der Waals surface area contributed by atoms with E-state index in [2.05, 4.69) is 15.5 Å². The number of alkyl halides is 3. The zero-order chi connectivity index (χ0) is 15.6. The Balaban J connectivity index is 2.12. The molecule has 0 radical (unpaired) electrons. The molecule has 1 N–H and O–H groups in total. The van der Waals surface area contributed by atoms with Crippen LogP contribution < -0.4 is 5.32 Å². The maximum Gasteiger partial charge on any atom is 0.408 e. The lowest BCUT2D eigenvalue weighted by molar-refractivity contribution is -0.142. The molecule has 1 amide bonds. The smallest absolute Gasteiger partial charge is 0.305 e. The minimum atomic E-state index is -4.39. The lowest BCUT2D eigenvalue weighted by Crippen LogP contribution is -2.33. The number of hydrazone groups is 1. The first-order valence-electron chi connectivity index (χ1n) is 6.13. The highest BCUT2D eigenvalue weighted by Gasteiger charge is 2.30. The van der Waals surface area contributed by atoms with E-state index < -0.39 is 18.6 Å². The van der Waals surface area contributed by atoms with E-state index >= 15 is 0 Å². The number of amidine groups is 1. The Morgan fingerprint density at radius 1 is 1.48 bits per heavy atom.